The summed E-state index contributed by atoms with van der Waals surface area (Å²) >= 11 is 3.49. The van der Waals surface area contributed by atoms with Gasteiger partial charge in [0.15, 0.2) is 0 Å². The van der Waals surface area contributed by atoms with Crippen molar-refractivity contribution in [3.63, 3.8) is 0 Å². The van der Waals surface area contributed by atoms with Crippen molar-refractivity contribution in [3.05, 3.63) is 28.2 Å². The van der Waals surface area contributed by atoms with E-state index in [9.17, 15) is 4.79 Å². The minimum absolute atomic E-state index is 0.0477. The lowest BCUT2D eigenvalue weighted by Gasteiger charge is -2.22. The Morgan fingerprint density at radius 3 is 3.00 bits per heavy atom. The number of ether oxygens (including phenoxy) is 1. The molecule has 1 aliphatic rings. The van der Waals surface area contributed by atoms with Gasteiger partial charge in [0, 0.05) is 11.0 Å². The SMILES string of the molecule is CNCC1COC(=O)N1c1ccc(C)cc1Br. The van der Waals surface area contributed by atoms with Gasteiger partial charge in [-0.25, -0.2) is 4.79 Å². The van der Waals surface area contributed by atoms with Crippen LogP contribution in [0.25, 0.3) is 0 Å². The van der Waals surface area contributed by atoms with Crippen LogP contribution in [0.5, 0.6) is 0 Å². The van der Waals surface area contributed by atoms with E-state index in [1.54, 1.807) is 4.90 Å². The normalized spacial score (nSPS) is 19.6. The topological polar surface area (TPSA) is 41.6 Å². The highest BCUT2D eigenvalue weighted by atomic mass is 79.9. The summed E-state index contributed by atoms with van der Waals surface area (Å²) in [6.45, 7) is 3.16. The smallest absolute Gasteiger partial charge is 0.414 e. The zero-order valence-corrected chi connectivity index (χ0v) is 11.5. The van der Waals surface area contributed by atoms with Crippen LogP contribution in [0.1, 0.15) is 5.56 Å². The van der Waals surface area contributed by atoms with Crippen molar-refractivity contribution < 1.29 is 9.53 Å². The first-order chi connectivity index (χ1) is 8.13. The molecule has 17 heavy (non-hydrogen) atoms. The molecule has 1 heterocycles. The number of hydrogen-bond donors (Lipinski definition) is 1. The molecule has 1 aliphatic heterocycles. The summed E-state index contributed by atoms with van der Waals surface area (Å²) in [4.78, 5) is 13.4. The molecule has 1 aromatic carbocycles. The Balaban J connectivity index is 2.32. The number of nitrogens with zero attached hydrogens (tertiary/aromatic N) is 1. The Hall–Kier alpha value is -1.07. The maximum Gasteiger partial charge on any atom is 0.414 e. The standard InChI is InChI=1S/C12H15BrN2O2/c1-8-3-4-11(10(13)5-8)15-9(6-14-2)7-17-12(15)16/h3-5,9,14H,6-7H2,1-2H3. The van der Waals surface area contributed by atoms with Crippen molar-refractivity contribution >= 4 is 27.7 Å². The molecule has 5 heteroatoms. The van der Waals surface area contributed by atoms with Gasteiger partial charge in [0.25, 0.3) is 0 Å². The van der Waals surface area contributed by atoms with E-state index in [1.165, 1.54) is 0 Å². The summed E-state index contributed by atoms with van der Waals surface area (Å²) < 4.78 is 6.01. The number of rotatable bonds is 3. The van der Waals surface area contributed by atoms with E-state index in [4.69, 9.17) is 4.74 Å². The molecule has 1 fully saturated rings. The molecule has 2 rings (SSSR count). The molecule has 0 saturated carbocycles. The van der Waals surface area contributed by atoms with Crippen LogP contribution >= 0.6 is 15.9 Å². The number of hydrogen-bond acceptors (Lipinski definition) is 3. The van der Waals surface area contributed by atoms with Gasteiger partial charge in [-0.05, 0) is 47.6 Å². The van der Waals surface area contributed by atoms with Crippen LogP contribution in [0.2, 0.25) is 0 Å². The van der Waals surface area contributed by atoms with Gasteiger partial charge in [-0.2, -0.15) is 0 Å². The number of benzene rings is 1. The van der Waals surface area contributed by atoms with Gasteiger partial charge in [0.2, 0.25) is 0 Å². The van der Waals surface area contributed by atoms with E-state index in [0.717, 1.165) is 15.7 Å². The zero-order valence-electron chi connectivity index (χ0n) is 9.87. The Morgan fingerprint density at radius 2 is 2.35 bits per heavy atom. The molecular formula is C12H15BrN2O2. The minimum Gasteiger partial charge on any atom is -0.447 e. The van der Waals surface area contributed by atoms with Crippen molar-refractivity contribution in [2.45, 2.75) is 13.0 Å². The molecule has 1 amide bonds. The van der Waals surface area contributed by atoms with Crippen LogP contribution < -0.4 is 10.2 Å². The van der Waals surface area contributed by atoms with Gasteiger partial charge in [-0.3, -0.25) is 4.90 Å². The van der Waals surface area contributed by atoms with Gasteiger partial charge in [0.1, 0.15) is 6.61 Å². The average Bonchev–Trinajstić information content (AvgIpc) is 2.62. The molecule has 0 aromatic heterocycles. The molecule has 1 saturated heterocycles. The summed E-state index contributed by atoms with van der Waals surface area (Å²) in [5.41, 5.74) is 2.01. The molecule has 4 nitrogen and oxygen atoms in total. The third-order valence-corrected chi connectivity index (χ3v) is 3.40. The second-order valence-corrected chi connectivity index (χ2v) is 4.97. The average molecular weight is 299 g/mol. The zero-order chi connectivity index (χ0) is 12.4. The Bertz CT molecular complexity index is 437. The van der Waals surface area contributed by atoms with Crippen LogP contribution in [0, 0.1) is 6.92 Å². The van der Waals surface area contributed by atoms with Crippen molar-refractivity contribution in [3.8, 4) is 0 Å². The predicted octanol–water partition coefficient (Wildman–Crippen LogP) is 2.30. The number of halogens is 1. The van der Waals surface area contributed by atoms with Gasteiger partial charge < -0.3 is 10.1 Å². The van der Waals surface area contributed by atoms with Crippen molar-refractivity contribution in [1.82, 2.24) is 5.32 Å². The fourth-order valence-corrected chi connectivity index (χ4v) is 2.63. The van der Waals surface area contributed by atoms with Crippen LogP contribution in [-0.4, -0.2) is 32.3 Å². The van der Waals surface area contributed by atoms with E-state index >= 15 is 0 Å². The summed E-state index contributed by atoms with van der Waals surface area (Å²) in [6.07, 6.45) is -0.283. The molecule has 1 aromatic rings. The van der Waals surface area contributed by atoms with Crippen molar-refractivity contribution in [2.75, 3.05) is 25.1 Å². The maximum absolute atomic E-state index is 11.8. The molecule has 0 radical (unpaired) electrons. The highest BCUT2D eigenvalue weighted by molar-refractivity contribution is 9.10. The Kier molecular flexibility index (Phi) is 3.69. The van der Waals surface area contributed by atoms with Crippen LogP contribution in [-0.2, 0) is 4.74 Å². The lowest BCUT2D eigenvalue weighted by atomic mass is 10.2. The first-order valence-electron chi connectivity index (χ1n) is 5.50. The van der Waals surface area contributed by atoms with Crippen molar-refractivity contribution in [2.24, 2.45) is 0 Å². The third kappa shape index (κ3) is 2.45. The molecule has 0 bridgehead atoms. The predicted molar refractivity (Wildman–Crippen MR) is 70.4 cm³/mol. The summed E-state index contributed by atoms with van der Waals surface area (Å²) in [7, 11) is 1.87. The second-order valence-electron chi connectivity index (χ2n) is 4.11. The van der Waals surface area contributed by atoms with E-state index in [-0.39, 0.29) is 12.1 Å². The minimum atomic E-state index is -0.283. The van der Waals surface area contributed by atoms with E-state index < -0.39 is 0 Å². The Morgan fingerprint density at radius 1 is 1.59 bits per heavy atom. The van der Waals surface area contributed by atoms with Gasteiger partial charge in [-0.1, -0.05) is 6.07 Å². The van der Waals surface area contributed by atoms with Gasteiger partial charge in [-0.15, -0.1) is 0 Å². The number of anilines is 1. The lowest BCUT2D eigenvalue weighted by Crippen LogP contribution is -2.40. The summed E-state index contributed by atoms with van der Waals surface area (Å²) in [5.74, 6) is 0. The maximum atomic E-state index is 11.8. The fraction of sp³-hybridized carbons (Fsp3) is 0.417. The first kappa shape index (κ1) is 12.4. The van der Waals surface area contributed by atoms with E-state index in [1.807, 2.05) is 32.2 Å². The molecule has 0 spiro atoms. The van der Waals surface area contributed by atoms with E-state index in [2.05, 4.69) is 21.2 Å². The number of cyclic esters (lactones) is 1. The molecule has 92 valence electrons. The lowest BCUT2D eigenvalue weighted by molar-refractivity contribution is 0.178. The second kappa shape index (κ2) is 5.06. The monoisotopic (exact) mass is 298 g/mol. The number of nitrogens with one attached hydrogen (secondary N) is 1. The largest absolute Gasteiger partial charge is 0.447 e. The molecule has 1 N–H and O–H groups in total. The van der Waals surface area contributed by atoms with Crippen LogP contribution in [0.3, 0.4) is 0 Å². The highest BCUT2D eigenvalue weighted by Gasteiger charge is 2.34. The fourth-order valence-electron chi connectivity index (χ4n) is 1.95. The molecule has 1 unspecified atom stereocenters. The number of likely N-dealkylation sites (N-methyl/N-ethyl adjacent to an activating group) is 1. The van der Waals surface area contributed by atoms with Crippen LogP contribution in [0.4, 0.5) is 10.5 Å². The highest BCUT2D eigenvalue weighted by Crippen LogP contribution is 2.31. The van der Waals surface area contributed by atoms with Crippen LogP contribution in [0.15, 0.2) is 22.7 Å². The number of aryl methyl sites for hydroxylation is 1. The molecule has 0 aliphatic carbocycles. The third-order valence-electron chi connectivity index (χ3n) is 2.76. The van der Waals surface area contributed by atoms with Crippen molar-refractivity contribution in [1.29, 1.82) is 0 Å². The quantitative estimate of drug-likeness (QED) is 0.931. The molecular weight excluding hydrogens is 284 g/mol. The first-order valence-corrected chi connectivity index (χ1v) is 6.29. The Labute approximate surface area is 109 Å². The molecule has 1 atom stereocenters. The van der Waals surface area contributed by atoms with Gasteiger partial charge in [0.05, 0.1) is 11.7 Å². The summed E-state index contributed by atoms with van der Waals surface area (Å²) in [5, 5.41) is 3.07. The number of amides is 1. The van der Waals surface area contributed by atoms with E-state index in [0.29, 0.717) is 13.2 Å². The van der Waals surface area contributed by atoms with Gasteiger partial charge >= 0.3 is 6.09 Å². The number of carbonyl (C=O) groups excluding carboxylic acids is 1. The summed E-state index contributed by atoms with van der Waals surface area (Å²) in [6, 6.07) is 5.97. The number of carbonyl (C=O) groups is 1.